The lowest BCUT2D eigenvalue weighted by Crippen LogP contribution is -2.43. The number of amides is 2. The van der Waals surface area contributed by atoms with Crippen molar-refractivity contribution in [3.8, 4) is 0 Å². The molecule has 0 aromatic carbocycles. The summed E-state index contributed by atoms with van der Waals surface area (Å²) >= 11 is 1.38. The van der Waals surface area contributed by atoms with Crippen molar-refractivity contribution in [1.29, 1.82) is 0 Å². The van der Waals surface area contributed by atoms with Crippen molar-refractivity contribution in [3.05, 3.63) is 21.4 Å². The number of rotatable bonds is 1. The molecule has 18 heavy (non-hydrogen) atoms. The Bertz CT molecular complexity index is 507. The third-order valence-electron chi connectivity index (χ3n) is 3.14. The predicted molar refractivity (Wildman–Crippen MR) is 67.7 cm³/mol. The van der Waals surface area contributed by atoms with E-state index >= 15 is 0 Å². The fourth-order valence-electron chi connectivity index (χ4n) is 2.32. The molecule has 1 aromatic heterocycles. The highest BCUT2D eigenvalue weighted by molar-refractivity contribution is 7.14. The summed E-state index contributed by atoms with van der Waals surface area (Å²) in [6, 6.07) is 1.75. The van der Waals surface area contributed by atoms with Crippen molar-refractivity contribution in [2.75, 3.05) is 6.54 Å². The smallest absolute Gasteiger partial charge is 0.284 e. The molecule has 0 saturated heterocycles. The maximum atomic E-state index is 11.5. The number of nitrogens with zero attached hydrogens (tertiary/aromatic N) is 1. The minimum Gasteiger partial charge on any atom is -0.338 e. The van der Waals surface area contributed by atoms with E-state index < -0.39 is 5.91 Å². The lowest BCUT2D eigenvalue weighted by molar-refractivity contribution is -0.130. The van der Waals surface area contributed by atoms with E-state index in [1.807, 2.05) is 0 Å². The van der Waals surface area contributed by atoms with Crippen molar-refractivity contribution in [2.45, 2.75) is 32.7 Å². The minimum atomic E-state index is -0.500. The van der Waals surface area contributed by atoms with Crippen LogP contribution in [-0.2, 0) is 16.8 Å². The van der Waals surface area contributed by atoms with Crippen molar-refractivity contribution in [2.24, 2.45) is 0 Å². The second-order valence-corrected chi connectivity index (χ2v) is 6.22. The van der Waals surface area contributed by atoms with Crippen molar-refractivity contribution >= 4 is 23.2 Å². The molecule has 0 unspecified atom stereocenters. The van der Waals surface area contributed by atoms with E-state index in [2.05, 4.69) is 13.8 Å². The molecule has 6 heteroatoms. The van der Waals surface area contributed by atoms with Gasteiger partial charge in [0.1, 0.15) is 0 Å². The summed E-state index contributed by atoms with van der Waals surface area (Å²) in [5.41, 5.74) is 2.46. The van der Waals surface area contributed by atoms with Crippen LogP contribution in [0.25, 0.3) is 0 Å². The van der Waals surface area contributed by atoms with E-state index in [-0.39, 0.29) is 11.3 Å². The highest BCUT2D eigenvalue weighted by Gasteiger charge is 2.35. The molecule has 0 fully saturated rings. The molecule has 0 atom stereocenters. The fourth-order valence-corrected chi connectivity index (χ4v) is 3.47. The topological polar surface area (TPSA) is 69.6 Å². The minimum absolute atomic E-state index is 0.0353. The van der Waals surface area contributed by atoms with Crippen LogP contribution in [0.15, 0.2) is 6.07 Å². The molecule has 98 valence electrons. The second-order valence-electron chi connectivity index (χ2n) is 5.16. The number of carbonyl (C=O) groups is 2. The second kappa shape index (κ2) is 4.37. The van der Waals surface area contributed by atoms with E-state index in [0.29, 0.717) is 18.0 Å². The van der Waals surface area contributed by atoms with Crippen LogP contribution < -0.4 is 5.48 Å². The zero-order valence-corrected chi connectivity index (χ0v) is 11.4. The average Bonchev–Trinajstić information content (AvgIpc) is 2.72. The van der Waals surface area contributed by atoms with Gasteiger partial charge >= 0.3 is 0 Å². The van der Waals surface area contributed by atoms with Gasteiger partial charge in [0.05, 0.1) is 4.88 Å². The molecule has 1 aromatic rings. The number of hydrogen-bond acceptors (Lipinski definition) is 4. The summed E-state index contributed by atoms with van der Waals surface area (Å²) in [5.74, 6) is -0.465. The Morgan fingerprint density at radius 1 is 1.50 bits per heavy atom. The molecular formula is C12H16N2O3S. The maximum Gasteiger partial charge on any atom is 0.284 e. The summed E-state index contributed by atoms with van der Waals surface area (Å²) in [4.78, 5) is 26.3. The van der Waals surface area contributed by atoms with Gasteiger partial charge in [0, 0.05) is 30.3 Å². The first-order valence-electron chi connectivity index (χ1n) is 5.68. The fraction of sp³-hybridized carbons (Fsp3) is 0.500. The first-order valence-corrected chi connectivity index (χ1v) is 6.50. The SMILES string of the molecule is CC(=O)N1Cc2cc(C(=O)NO)sc2C(C)(C)C1. The van der Waals surface area contributed by atoms with E-state index in [1.165, 1.54) is 11.3 Å². The highest BCUT2D eigenvalue weighted by Crippen LogP contribution is 2.39. The van der Waals surface area contributed by atoms with E-state index in [0.717, 1.165) is 10.4 Å². The Morgan fingerprint density at radius 2 is 2.17 bits per heavy atom. The molecule has 2 rings (SSSR count). The van der Waals surface area contributed by atoms with E-state index in [1.54, 1.807) is 23.4 Å². The number of hydrogen-bond donors (Lipinski definition) is 2. The molecule has 2 amide bonds. The van der Waals surface area contributed by atoms with Gasteiger partial charge in [-0.3, -0.25) is 14.8 Å². The van der Waals surface area contributed by atoms with E-state index in [4.69, 9.17) is 5.21 Å². The lowest BCUT2D eigenvalue weighted by Gasteiger charge is -2.37. The molecule has 0 saturated carbocycles. The number of nitrogens with one attached hydrogen (secondary N) is 1. The zero-order valence-electron chi connectivity index (χ0n) is 10.6. The van der Waals surface area contributed by atoms with Gasteiger partial charge < -0.3 is 4.90 Å². The van der Waals surface area contributed by atoms with Crippen LogP contribution in [0, 0.1) is 0 Å². The third kappa shape index (κ3) is 2.13. The third-order valence-corrected chi connectivity index (χ3v) is 4.68. The quantitative estimate of drug-likeness (QED) is 0.599. The molecule has 2 N–H and O–H groups in total. The Labute approximate surface area is 109 Å². The predicted octanol–water partition coefficient (Wildman–Crippen LogP) is 1.51. The Hall–Kier alpha value is -1.40. The first-order chi connectivity index (χ1) is 8.35. The average molecular weight is 268 g/mol. The molecule has 1 aliphatic rings. The normalized spacial score (nSPS) is 17.2. The summed E-state index contributed by atoms with van der Waals surface area (Å²) in [7, 11) is 0. The molecule has 0 radical (unpaired) electrons. The molecule has 0 aliphatic carbocycles. The van der Waals surface area contributed by atoms with Crippen LogP contribution in [0.4, 0.5) is 0 Å². The van der Waals surface area contributed by atoms with Gasteiger partial charge in [-0.1, -0.05) is 13.8 Å². The molecule has 2 heterocycles. The standard InChI is InChI=1S/C12H16N2O3S/c1-7(15)14-5-8-4-9(11(16)13-17)18-10(8)12(2,3)6-14/h4,17H,5-6H2,1-3H3,(H,13,16). The Kier molecular flexibility index (Phi) is 3.16. The van der Waals surface area contributed by atoms with Crippen LogP contribution in [0.3, 0.4) is 0 Å². The van der Waals surface area contributed by atoms with Crippen LogP contribution in [0.2, 0.25) is 0 Å². The van der Waals surface area contributed by atoms with Crippen molar-refractivity contribution < 1.29 is 14.8 Å². The lowest BCUT2D eigenvalue weighted by atomic mass is 9.85. The van der Waals surface area contributed by atoms with Crippen LogP contribution in [0.5, 0.6) is 0 Å². The highest BCUT2D eigenvalue weighted by atomic mass is 32.1. The molecular weight excluding hydrogens is 252 g/mol. The van der Waals surface area contributed by atoms with Crippen LogP contribution in [0.1, 0.15) is 40.9 Å². The van der Waals surface area contributed by atoms with Crippen molar-refractivity contribution in [1.82, 2.24) is 10.4 Å². The van der Waals surface area contributed by atoms with Gasteiger partial charge in [0.25, 0.3) is 5.91 Å². The van der Waals surface area contributed by atoms with Crippen LogP contribution in [-0.4, -0.2) is 28.5 Å². The maximum absolute atomic E-state index is 11.5. The summed E-state index contributed by atoms with van der Waals surface area (Å²) in [5, 5.41) is 8.66. The number of carbonyl (C=O) groups excluding carboxylic acids is 2. The molecule has 5 nitrogen and oxygen atoms in total. The van der Waals surface area contributed by atoms with Crippen LogP contribution >= 0.6 is 11.3 Å². The summed E-state index contributed by atoms with van der Waals surface area (Å²) in [6.07, 6.45) is 0. The van der Waals surface area contributed by atoms with Gasteiger partial charge in [-0.05, 0) is 11.6 Å². The zero-order chi connectivity index (χ0) is 13.5. The molecule has 1 aliphatic heterocycles. The Balaban J connectivity index is 2.42. The van der Waals surface area contributed by atoms with Gasteiger partial charge in [0.2, 0.25) is 5.91 Å². The number of fused-ring (bicyclic) bond motifs is 1. The first kappa shape index (κ1) is 13.0. The molecule has 0 spiro atoms. The van der Waals surface area contributed by atoms with E-state index in [9.17, 15) is 9.59 Å². The number of thiophene rings is 1. The van der Waals surface area contributed by atoms with Gasteiger partial charge in [-0.2, -0.15) is 0 Å². The largest absolute Gasteiger partial charge is 0.338 e. The molecule has 0 bridgehead atoms. The number of hydroxylamine groups is 1. The summed E-state index contributed by atoms with van der Waals surface area (Å²) in [6.45, 7) is 6.84. The Morgan fingerprint density at radius 3 is 2.72 bits per heavy atom. The van der Waals surface area contributed by atoms with Gasteiger partial charge in [-0.25, -0.2) is 5.48 Å². The summed E-state index contributed by atoms with van der Waals surface area (Å²) < 4.78 is 0. The van der Waals surface area contributed by atoms with Gasteiger partial charge in [-0.15, -0.1) is 11.3 Å². The monoisotopic (exact) mass is 268 g/mol. The van der Waals surface area contributed by atoms with Crippen molar-refractivity contribution in [3.63, 3.8) is 0 Å². The van der Waals surface area contributed by atoms with Gasteiger partial charge in [0.15, 0.2) is 0 Å².